The van der Waals surface area contributed by atoms with E-state index < -0.39 is 0 Å². The van der Waals surface area contributed by atoms with E-state index in [0.717, 1.165) is 32.4 Å². The maximum atomic E-state index is 9.26. The Hall–Kier alpha value is -0.870. The maximum absolute atomic E-state index is 9.26. The molecule has 1 unspecified atom stereocenters. The van der Waals surface area contributed by atoms with E-state index in [4.69, 9.17) is 0 Å². The van der Waals surface area contributed by atoms with Gasteiger partial charge in [-0.3, -0.25) is 0 Å². The minimum absolute atomic E-state index is 0.314. The Labute approximate surface area is 115 Å². The molecule has 0 aromatic carbocycles. The smallest absolute Gasteiger partial charge is 0.110 e. The number of imidazole rings is 1. The van der Waals surface area contributed by atoms with Crippen molar-refractivity contribution in [3.8, 4) is 0 Å². The van der Waals surface area contributed by atoms with Crippen molar-refractivity contribution in [3.05, 3.63) is 17.7 Å². The molecular formula is C15H25N3O. The molecule has 0 bridgehead atoms. The van der Waals surface area contributed by atoms with Crippen LogP contribution in [0.2, 0.25) is 0 Å². The summed E-state index contributed by atoms with van der Waals surface area (Å²) < 4.78 is 2.39. The van der Waals surface area contributed by atoms with Crippen molar-refractivity contribution in [1.29, 1.82) is 0 Å². The first-order valence-corrected chi connectivity index (χ1v) is 7.73. The van der Waals surface area contributed by atoms with Crippen LogP contribution in [0.5, 0.6) is 0 Å². The van der Waals surface area contributed by atoms with E-state index in [-0.39, 0.29) is 0 Å². The van der Waals surface area contributed by atoms with Gasteiger partial charge in [0.1, 0.15) is 5.82 Å². The Morgan fingerprint density at radius 3 is 2.84 bits per heavy atom. The summed E-state index contributed by atoms with van der Waals surface area (Å²) in [5, 5.41) is 9.26. The van der Waals surface area contributed by atoms with E-state index in [2.05, 4.69) is 14.5 Å². The molecule has 1 fully saturated rings. The number of rotatable bonds is 4. The minimum Gasteiger partial charge on any atom is -0.396 e. The molecule has 3 rings (SSSR count). The second-order valence-electron chi connectivity index (χ2n) is 6.01. The SMILES string of the molecule is OCC1CCn2c(cnc2CCN2CCCCC2)C1. The van der Waals surface area contributed by atoms with Gasteiger partial charge in [-0.15, -0.1) is 0 Å². The summed E-state index contributed by atoms with van der Waals surface area (Å²) >= 11 is 0. The molecule has 0 amide bonds. The lowest BCUT2D eigenvalue weighted by molar-refractivity contribution is 0.199. The molecule has 0 saturated carbocycles. The fourth-order valence-electron chi connectivity index (χ4n) is 3.40. The van der Waals surface area contributed by atoms with Crippen molar-refractivity contribution in [1.82, 2.24) is 14.5 Å². The molecule has 0 spiro atoms. The highest BCUT2D eigenvalue weighted by Gasteiger charge is 2.21. The molecule has 2 aliphatic rings. The highest BCUT2D eigenvalue weighted by atomic mass is 16.3. The van der Waals surface area contributed by atoms with Crippen LogP contribution in [-0.2, 0) is 19.4 Å². The van der Waals surface area contributed by atoms with Gasteiger partial charge in [-0.05, 0) is 44.7 Å². The quantitative estimate of drug-likeness (QED) is 0.894. The van der Waals surface area contributed by atoms with Gasteiger partial charge in [0.15, 0.2) is 0 Å². The first kappa shape index (κ1) is 13.1. The van der Waals surface area contributed by atoms with E-state index in [0.29, 0.717) is 12.5 Å². The number of nitrogens with zero attached hydrogens (tertiary/aromatic N) is 3. The number of aromatic nitrogens is 2. The molecule has 3 heterocycles. The topological polar surface area (TPSA) is 41.3 Å². The molecule has 1 saturated heterocycles. The van der Waals surface area contributed by atoms with Crippen LogP contribution in [0.4, 0.5) is 0 Å². The third-order valence-corrected chi connectivity index (χ3v) is 4.64. The summed E-state index contributed by atoms with van der Waals surface area (Å²) in [4.78, 5) is 7.18. The predicted octanol–water partition coefficient (Wildman–Crippen LogP) is 1.47. The van der Waals surface area contributed by atoms with Crippen LogP contribution in [0.15, 0.2) is 6.20 Å². The molecule has 4 nitrogen and oxygen atoms in total. The highest BCUT2D eigenvalue weighted by Crippen LogP contribution is 2.22. The summed E-state index contributed by atoms with van der Waals surface area (Å²) in [5.74, 6) is 1.69. The first-order chi connectivity index (χ1) is 9.36. The monoisotopic (exact) mass is 263 g/mol. The number of fused-ring (bicyclic) bond motifs is 1. The zero-order valence-electron chi connectivity index (χ0n) is 11.7. The standard InChI is InChI=1S/C15H25N3O/c19-12-13-4-9-18-14(10-13)11-16-15(18)5-8-17-6-2-1-3-7-17/h11,13,19H,1-10,12H2. The second-order valence-corrected chi connectivity index (χ2v) is 6.01. The molecule has 0 radical (unpaired) electrons. The second kappa shape index (κ2) is 6.06. The molecular weight excluding hydrogens is 238 g/mol. The molecule has 106 valence electrons. The maximum Gasteiger partial charge on any atom is 0.110 e. The molecule has 1 aromatic rings. The van der Waals surface area contributed by atoms with E-state index in [1.807, 2.05) is 6.20 Å². The van der Waals surface area contributed by atoms with Crippen LogP contribution in [-0.4, -0.2) is 45.8 Å². The lowest BCUT2D eigenvalue weighted by Crippen LogP contribution is -2.32. The van der Waals surface area contributed by atoms with Crippen molar-refractivity contribution < 1.29 is 5.11 Å². The fraction of sp³-hybridized carbons (Fsp3) is 0.800. The van der Waals surface area contributed by atoms with Gasteiger partial charge in [0.05, 0.1) is 0 Å². The van der Waals surface area contributed by atoms with Crippen LogP contribution < -0.4 is 0 Å². The molecule has 4 heteroatoms. The van der Waals surface area contributed by atoms with Gasteiger partial charge in [0.2, 0.25) is 0 Å². The van der Waals surface area contributed by atoms with Crippen molar-refractivity contribution in [2.75, 3.05) is 26.2 Å². The molecule has 1 atom stereocenters. The number of likely N-dealkylation sites (tertiary alicyclic amines) is 1. The van der Waals surface area contributed by atoms with Gasteiger partial charge in [0.25, 0.3) is 0 Å². The Kier molecular flexibility index (Phi) is 4.18. The van der Waals surface area contributed by atoms with Crippen LogP contribution in [0.1, 0.15) is 37.2 Å². The summed E-state index contributed by atoms with van der Waals surface area (Å²) in [6.07, 6.45) is 9.30. The third kappa shape index (κ3) is 3.00. The van der Waals surface area contributed by atoms with Gasteiger partial charge in [-0.25, -0.2) is 4.98 Å². The van der Waals surface area contributed by atoms with Gasteiger partial charge in [-0.2, -0.15) is 0 Å². The molecule has 19 heavy (non-hydrogen) atoms. The zero-order valence-corrected chi connectivity index (χ0v) is 11.7. The zero-order chi connectivity index (χ0) is 13.1. The average Bonchev–Trinajstić information content (AvgIpc) is 2.88. The first-order valence-electron chi connectivity index (χ1n) is 7.73. The number of hydrogen-bond acceptors (Lipinski definition) is 3. The van der Waals surface area contributed by atoms with Gasteiger partial charge >= 0.3 is 0 Å². The summed E-state index contributed by atoms with van der Waals surface area (Å²) in [7, 11) is 0. The summed E-state index contributed by atoms with van der Waals surface area (Å²) in [6, 6.07) is 0. The van der Waals surface area contributed by atoms with Crippen LogP contribution >= 0.6 is 0 Å². The van der Waals surface area contributed by atoms with Crippen molar-refractivity contribution in [2.24, 2.45) is 5.92 Å². The highest BCUT2D eigenvalue weighted by molar-refractivity contribution is 5.09. The van der Waals surface area contributed by atoms with E-state index in [9.17, 15) is 5.11 Å². The van der Waals surface area contributed by atoms with E-state index in [1.54, 1.807) is 0 Å². The summed E-state index contributed by atoms with van der Waals surface area (Å²) in [5.41, 5.74) is 1.32. The normalized spacial score (nSPS) is 24.4. The number of hydrogen-bond donors (Lipinski definition) is 1. The summed E-state index contributed by atoms with van der Waals surface area (Å²) in [6.45, 7) is 5.03. The van der Waals surface area contributed by atoms with Crippen molar-refractivity contribution >= 4 is 0 Å². The van der Waals surface area contributed by atoms with Gasteiger partial charge < -0.3 is 14.6 Å². The Balaban J connectivity index is 1.58. The molecule has 2 aliphatic heterocycles. The van der Waals surface area contributed by atoms with E-state index in [1.165, 1.54) is 43.9 Å². The van der Waals surface area contributed by atoms with Crippen molar-refractivity contribution in [3.63, 3.8) is 0 Å². The molecule has 1 N–H and O–H groups in total. The Morgan fingerprint density at radius 2 is 2.05 bits per heavy atom. The van der Waals surface area contributed by atoms with E-state index >= 15 is 0 Å². The van der Waals surface area contributed by atoms with Crippen LogP contribution in [0.25, 0.3) is 0 Å². The Bertz CT molecular complexity index is 410. The average molecular weight is 263 g/mol. The fourth-order valence-corrected chi connectivity index (χ4v) is 3.40. The number of aliphatic hydroxyl groups is 1. The van der Waals surface area contributed by atoms with Gasteiger partial charge in [0, 0.05) is 38.0 Å². The Morgan fingerprint density at radius 1 is 1.21 bits per heavy atom. The number of piperidine rings is 1. The minimum atomic E-state index is 0.314. The van der Waals surface area contributed by atoms with Gasteiger partial charge in [-0.1, -0.05) is 6.42 Å². The van der Waals surface area contributed by atoms with Crippen LogP contribution in [0.3, 0.4) is 0 Å². The van der Waals surface area contributed by atoms with Crippen LogP contribution in [0, 0.1) is 5.92 Å². The largest absolute Gasteiger partial charge is 0.396 e. The molecule has 1 aromatic heterocycles. The molecule has 0 aliphatic carbocycles. The lowest BCUT2D eigenvalue weighted by Gasteiger charge is -2.27. The third-order valence-electron chi connectivity index (χ3n) is 4.64. The van der Waals surface area contributed by atoms with Crippen molar-refractivity contribution in [2.45, 2.75) is 45.1 Å². The number of aliphatic hydroxyl groups excluding tert-OH is 1. The predicted molar refractivity (Wildman–Crippen MR) is 75.1 cm³/mol. The lowest BCUT2D eigenvalue weighted by atomic mass is 9.97.